The molecule has 1 aliphatic rings. The van der Waals surface area contributed by atoms with Crippen LogP contribution in [0.1, 0.15) is 20.8 Å². The van der Waals surface area contributed by atoms with Gasteiger partial charge in [0, 0.05) is 31.5 Å². The van der Waals surface area contributed by atoms with E-state index in [-0.39, 0.29) is 18.2 Å². The van der Waals surface area contributed by atoms with E-state index in [0.717, 1.165) is 0 Å². The van der Waals surface area contributed by atoms with Gasteiger partial charge in [-0.25, -0.2) is 0 Å². The Morgan fingerprint density at radius 1 is 1.40 bits per heavy atom. The SMILES string of the molecule is C[C@H](Cn1cccn1)NS(=O)(=O)N1C[C@H](C)O[C@@H](C)C1. The molecule has 1 saturated heterocycles. The first-order valence-corrected chi connectivity index (χ1v) is 8.21. The Kier molecular flexibility index (Phi) is 4.79. The minimum absolute atomic E-state index is 0.0863. The van der Waals surface area contributed by atoms with E-state index in [1.165, 1.54) is 4.31 Å². The monoisotopic (exact) mass is 302 g/mol. The van der Waals surface area contributed by atoms with Crippen LogP contribution in [-0.4, -0.2) is 53.8 Å². The van der Waals surface area contributed by atoms with Crippen molar-refractivity contribution in [2.75, 3.05) is 13.1 Å². The zero-order valence-corrected chi connectivity index (χ0v) is 12.9. The van der Waals surface area contributed by atoms with Gasteiger partial charge in [0.2, 0.25) is 0 Å². The van der Waals surface area contributed by atoms with E-state index in [2.05, 4.69) is 9.82 Å². The normalized spacial score (nSPS) is 26.6. The maximum absolute atomic E-state index is 12.3. The number of ether oxygens (including phenoxy) is 1. The number of aromatic nitrogens is 2. The van der Waals surface area contributed by atoms with E-state index >= 15 is 0 Å². The molecule has 8 heteroatoms. The summed E-state index contributed by atoms with van der Waals surface area (Å²) in [5.74, 6) is 0. The number of nitrogens with zero attached hydrogens (tertiary/aromatic N) is 3. The highest BCUT2D eigenvalue weighted by molar-refractivity contribution is 7.87. The molecule has 0 aromatic carbocycles. The van der Waals surface area contributed by atoms with Crippen molar-refractivity contribution in [2.24, 2.45) is 0 Å². The molecule has 1 aliphatic heterocycles. The van der Waals surface area contributed by atoms with Gasteiger partial charge in [0.1, 0.15) is 0 Å². The number of morpholine rings is 1. The van der Waals surface area contributed by atoms with Crippen LogP contribution in [0, 0.1) is 0 Å². The van der Waals surface area contributed by atoms with Crippen LogP contribution in [0.5, 0.6) is 0 Å². The fourth-order valence-electron chi connectivity index (χ4n) is 2.38. The van der Waals surface area contributed by atoms with Gasteiger partial charge < -0.3 is 4.74 Å². The van der Waals surface area contributed by atoms with Crippen molar-refractivity contribution in [3.63, 3.8) is 0 Å². The summed E-state index contributed by atoms with van der Waals surface area (Å²) in [6, 6.07) is 1.58. The van der Waals surface area contributed by atoms with Crippen molar-refractivity contribution in [1.82, 2.24) is 18.8 Å². The third-order valence-corrected chi connectivity index (χ3v) is 4.77. The zero-order chi connectivity index (χ0) is 14.8. The van der Waals surface area contributed by atoms with E-state index in [0.29, 0.717) is 19.6 Å². The van der Waals surface area contributed by atoms with E-state index in [1.54, 1.807) is 10.9 Å². The molecule has 114 valence electrons. The average Bonchev–Trinajstić information content (AvgIpc) is 2.79. The maximum atomic E-state index is 12.3. The first-order chi connectivity index (χ1) is 9.37. The molecule has 20 heavy (non-hydrogen) atoms. The lowest BCUT2D eigenvalue weighted by atomic mass is 10.3. The Labute approximate surface area is 120 Å². The zero-order valence-electron chi connectivity index (χ0n) is 12.1. The van der Waals surface area contributed by atoms with Gasteiger partial charge in [-0.3, -0.25) is 4.68 Å². The molecule has 0 spiro atoms. The molecule has 0 saturated carbocycles. The molecule has 1 N–H and O–H groups in total. The first kappa shape index (κ1) is 15.4. The molecule has 1 fully saturated rings. The van der Waals surface area contributed by atoms with Crippen molar-refractivity contribution in [2.45, 2.75) is 45.6 Å². The van der Waals surface area contributed by atoms with Crippen LogP contribution >= 0.6 is 0 Å². The summed E-state index contributed by atoms with van der Waals surface area (Å²) in [6.07, 6.45) is 3.31. The van der Waals surface area contributed by atoms with Gasteiger partial charge in [-0.1, -0.05) is 0 Å². The van der Waals surface area contributed by atoms with Crippen LogP contribution < -0.4 is 4.72 Å². The Balaban J connectivity index is 1.96. The molecular formula is C12H22N4O3S. The predicted molar refractivity (Wildman–Crippen MR) is 75.3 cm³/mol. The number of nitrogens with one attached hydrogen (secondary N) is 1. The highest BCUT2D eigenvalue weighted by Gasteiger charge is 2.31. The van der Waals surface area contributed by atoms with Gasteiger partial charge in [-0.2, -0.15) is 22.5 Å². The maximum Gasteiger partial charge on any atom is 0.279 e. The van der Waals surface area contributed by atoms with Gasteiger partial charge >= 0.3 is 0 Å². The van der Waals surface area contributed by atoms with Gasteiger partial charge in [0.15, 0.2) is 0 Å². The Hall–Kier alpha value is -0.960. The largest absolute Gasteiger partial charge is 0.373 e. The van der Waals surface area contributed by atoms with Crippen molar-refractivity contribution in [1.29, 1.82) is 0 Å². The van der Waals surface area contributed by atoms with Gasteiger partial charge in [0.05, 0.1) is 18.8 Å². The van der Waals surface area contributed by atoms with E-state index in [1.807, 2.05) is 33.0 Å². The second kappa shape index (κ2) is 6.21. The standard InChI is InChI=1S/C12H22N4O3S/c1-10(7-15-6-4-5-13-15)14-20(17,18)16-8-11(2)19-12(3)9-16/h4-6,10-12,14H,7-9H2,1-3H3/t10-,11+,12+/m1/s1. The molecule has 2 heterocycles. The predicted octanol–water partition coefficient (Wildman–Crippen LogP) is 0.215. The Morgan fingerprint density at radius 3 is 2.60 bits per heavy atom. The van der Waals surface area contributed by atoms with Crippen LogP contribution in [0.2, 0.25) is 0 Å². The second-order valence-corrected chi connectivity index (χ2v) is 7.03. The summed E-state index contributed by atoms with van der Waals surface area (Å²) in [4.78, 5) is 0. The molecule has 7 nitrogen and oxygen atoms in total. The number of hydrogen-bond donors (Lipinski definition) is 1. The van der Waals surface area contributed by atoms with Crippen LogP contribution in [0.3, 0.4) is 0 Å². The smallest absolute Gasteiger partial charge is 0.279 e. The van der Waals surface area contributed by atoms with Crippen LogP contribution in [0.4, 0.5) is 0 Å². The van der Waals surface area contributed by atoms with Crippen LogP contribution in [0.25, 0.3) is 0 Å². The molecule has 0 unspecified atom stereocenters. The molecular weight excluding hydrogens is 280 g/mol. The lowest BCUT2D eigenvalue weighted by Gasteiger charge is -2.35. The number of hydrogen-bond acceptors (Lipinski definition) is 4. The lowest BCUT2D eigenvalue weighted by molar-refractivity contribution is -0.0444. The quantitative estimate of drug-likeness (QED) is 0.844. The minimum Gasteiger partial charge on any atom is -0.373 e. The summed E-state index contributed by atoms with van der Waals surface area (Å²) in [5.41, 5.74) is 0. The number of rotatable bonds is 5. The van der Waals surface area contributed by atoms with Crippen molar-refractivity contribution >= 4 is 10.2 Å². The molecule has 1 aromatic rings. The summed E-state index contributed by atoms with van der Waals surface area (Å²) >= 11 is 0. The van der Waals surface area contributed by atoms with Gasteiger partial charge in [-0.05, 0) is 26.8 Å². The van der Waals surface area contributed by atoms with E-state index in [4.69, 9.17) is 4.74 Å². The second-order valence-electron chi connectivity index (χ2n) is 5.33. The molecule has 0 aliphatic carbocycles. The highest BCUT2D eigenvalue weighted by atomic mass is 32.2. The third kappa shape index (κ3) is 4.02. The average molecular weight is 302 g/mol. The van der Waals surface area contributed by atoms with Crippen molar-refractivity contribution in [3.05, 3.63) is 18.5 Å². The molecule has 3 atom stereocenters. The van der Waals surface area contributed by atoms with E-state index < -0.39 is 10.2 Å². The van der Waals surface area contributed by atoms with Gasteiger partial charge in [0.25, 0.3) is 10.2 Å². The fraction of sp³-hybridized carbons (Fsp3) is 0.750. The molecule has 0 radical (unpaired) electrons. The fourth-order valence-corrected chi connectivity index (χ4v) is 3.93. The van der Waals surface area contributed by atoms with Crippen molar-refractivity contribution in [3.8, 4) is 0 Å². The molecule has 0 amide bonds. The molecule has 0 bridgehead atoms. The topological polar surface area (TPSA) is 76.5 Å². The first-order valence-electron chi connectivity index (χ1n) is 6.77. The van der Waals surface area contributed by atoms with Gasteiger partial charge in [-0.15, -0.1) is 0 Å². The van der Waals surface area contributed by atoms with Crippen LogP contribution in [0.15, 0.2) is 18.5 Å². The van der Waals surface area contributed by atoms with Crippen LogP contribution in [-0.2, 0) is 21.5 Å². The Bertz CT molecular complexity index is 507. The summed E-state index contributed by atoms with van der Waals surface area (Å²) in [6.45, 7) is 6.85. The summed E-state index contributed by atoms with van der Waals surface area (Å²) in [5, 5.41) is 4.07. The summed E-state index contributed by atoms with van der Waals surface area (Å²) < 4.78 is 36.1. The highest BCUT2D eigenvalue weighted by Crippen LogP contribution is 2.13. The van der Waals surface area contributed by atoms with E-state index in [9.17, 15) is 8.42 Å². The third-order valence-electron chi connectivity index (χ3n) is 3.10. The Morgan fingerprint density at radius 2 is 2.05 bits per heavy atom. The molecule has 2 rings (SSSR count). The van der Waals surface area contributed by atoms with Crippen molar-refractivity contribution < 1.29 is 13.2 Å². The summed E-state index contributed by atoms with van der Waals surface area (Å²) in [7, 11) is -3.49. The lowest BCUT2D eigenvalue weighted by Crippen LogP contribution is -2.53. The minimum atomic E-state index is -3.49. The molecule has 1 aromatic heterocycles.